The number of hydrogen-bond acceptors (Lipinski definition) is 3. The molecule has 1 amide bonds. The van der Waals surface area contributed by atoms with Crippen molar-refractivity contribution < 1.29 is 9.90 Å². The van der Waals surface area contributed by atoms with Crippen molar-refractivity contribution >= 4 is 6.09 Å². The Morgan fingerprint density at radius 3 is 2.80 bits per heavy atom. The van der Waals surface area contributed by atoms with Crippen molar-refractivity contribution in [2.75, 3.05) is 0 Å². The molecule has 5 nitrogen and oxygen atoms in total. The van der Waals surface area contributed by atoms with E-state index in [0.717, 1.165) is 16.3 Å². The summed E-state index contributed by atoms with van der Waals surface area (Å²) in [5.41, 5.74) is 0.993. The monoisotopic (exact) mass is 205 g/mol. The molecular formula is C10H11N3O2. The molecule has 0 bridgehead atoms. The number of aryl methyl sites for hydroxylation is 1. The fraction of sp³-hybridized carbons (Fsp3) is 0.300. The van der Waals surface area contributed by atoms with Gasteiger partial charge < -0.3 is 5.11 Å². The zero-order chi connectivity index (χ0) is 11.1. The van der Waals surface area contributed by atoms with Gasteiger partial charge in [0.05, 0.1) is 10.7 Å². The molecule has 0 aliphatic carbocycles. The van der Waals surface area contributed by atoms with Crippen LogP contribution in [-0.2, 0) is 0 Å². The minimum atomic E-state index is -1.13. The van der Waals surface area contributed by atoms with Crippen molar-refractivity contribution in [2.24, 2.45) is 9.98 Å². The first-order chi connectivity index (χ1) is 7.00. The van der Waals surface area contributed by atoms with Gasteiger partial charge in [-0.2, -0.15) is 0 Å². The van der Waals surface area contributed by atoms with Crippen molar-refractivity contribution in [3.05, 3.63) is 34.5 Å². The Morgan fingerprint density at radius 1 is 1.47 bits per heavy atom. The normalized spacial score (nSPS) is 22.5. The highest BCUT2D eigenvalue weighted by atomic mass is 16.4. The summed E-state index contributed by atoms with van der Waals surface area (Å²) in [6, 6.07) is 5.62. The molecule has 1 heterocycles. The average molecular weight is 205 g/mol. The molecule has 78 valence electrons. The van der Waals surface area contributed by atoms with Gasteiger partial charge in [0.2, 0.25) is 5.79 Å². The molecule has 0 fully saturated rings. The molecule has 1 aromatic carbocycles. The van der Waals surface area contributed by atoms with Crippen LogP contribution in [0, 0.1) is 6.92 Å². The summed E-state index contributed by atoms with van der Waals surface area (Å²) in [4.78, 5) is 19.1. The van der Waals surface area contributed by atoms with Crippen molar-refractivity contribution in [1.29, 1.82) is 0 Å². The van der Waals surface area contributed by atoms with E-state index in [4.69, 9.17) is 5.11 Å². The molecule has 2 N–H and O–H groups in total. The summed E-state index contributed by atoms with van der Waals surface area (Å²) in [5, 5.41) is 12.4. The Morgan fingerprint density at radius 2 is 2.20 bits per heavy atom. The first-order valence-corrected chi connectivity index (χ1v) is 4.57. The lowest BCUT2D eigenvalue weighted by molar-refractivity contribution is 0.182. The molecular weight excluding hydrogens is 194 g/mol. The summed E-state index contributed by atoms with van der Waals surface area (Å²) in [6.45, 7) is 3.55. The van der Waals surface area contributed by atoms with Crippen LogP contribution >= 0.6 is 0 Å². The van der Waals surface area contributed by atoms with Crippen molar-refractivity contribution in [3.8, 4) is 0 Å². The summed E-state index contributed by atoms with van der Waals surface area (Å²) in [5.74, 6) is -1.08. The smallest absolute Gasteiger partial charge is 0.408 e. The van der Waals surface area contributed by atoms with Gasteiger partial charge in [-0.3, -0.25) is 5.32 Å². The van der Waals surface area contributed by atoms with Gasteiger partial charge in [0, 0.05) is 6.92 Å². The van der Waals surface area contributed by atoms with E-state index in [2.05, 4.69) is 15.3 Å². The van der Waals surface area contributed by atoms with E-state index < -0.39 is 11.9 Å². The quantitative estimate of drug-likeness (QED) is 0.686. The van der Waals surface area contributed by atoms with Gasteiger partial charge in [0.15, 0.2) is 0 Å². The molecule has 0 saturated heterocycles. The number of nitrogens with zero attached hydrogens (tertiary/aromatic N) is 2. The molecule has 0 saturated carbocycles. The highest BCUT2D eigenvalue weighted by molar-refractivity contribution is 5.65. The zero-order valence-corrected chi connectivity index (χ0v) is 8.48. The van der Waals surface area contributed by atoms with E-state index in [9.17, 15) is 4.79 Å². The van der Waals surface area contributed by atoms with E-state index >= 15 is 0 Å². The first-order valence-electron chi connectivity index (χ1n) is 4.57. The predicted octanol–water partition coefficient (Wildman–Crippen LogP) is 0.189. The van der Waals surface area contributed by atoms with Crippen LogP contribution in [0.25, 0.3) is 0 Å². The third kappa shape index (κ3) is 1.68. The molecule has 1 aliphatic rings. The summed E-state index contributed by atoms with van der Waals surface area (Å²) in [6.07, 6.45) is -1.13. The lowest BCUT2D eigenvalue weighted by Gasteiger charge is -2.16. The number of carbonyl (C=O) groups is 1. The van der Waals surface area contributed by atoms with Crippen molar-refractivity contribution in [2.45, 2.75) is 19.6 Å². The number of benzene rings is 1. The van der Waals surface area contributed by atoms with Gasteiger partial charge in [-0.25, -0.2) is 14.8 Å². The van der Waals surface area contributed by atoms with Crippen molar-refractivity contribution in [1.82, 2.24) is 5.32 Å². The van der Waals surface area contributed by atoms with E-state index in [-0.39, 0.29) is 0 Å². The number of fused-ring (bicyclic) bond motifs is 1. The van der Waals surface area contributed by atoms with Crippen LogP contribution in [-0.4, -0.2) is 17.0 Å². The highest BCUT2D eigenvalue weighted by Gasteiger charge is 2.27. The van der Waals surface area contributed by atoms with Crippen LogP contribution in [0.2, 0.25) is 0 Å². The van der Waals surface area contributed by atoms with Gasteiger partial charge >= 0.3 is 6.09 Å². The van der Waals surface area contributed by atoms with Crippen LogP contribution in [0.4, 0.5) is 4.79 Å². The van der Waals surface area contributed by atoms with Crippen LogP contribution in [0.15, 0.2) is 28.2 Å². The Bertz CT molecular complexity index is 538. The van der Waals surface area contributed by atoms with Gasteiger partial charge in [-0.15, -0.1) is 0 Å². The Hall–Kier alpha value is -1.91. The summed E-state index contributed by atoms with van der Waals surface area (Å²) >= 11 is 0. The lowest BCUT2D eigenvalue weighted by atomic mass is 10.2. The van der Waals surface area contributed by atoms with Gasteiger partial charge in [0.25, 0.3) is 0 Å². The molecule has 2 rings (SSSR count). The largest absolute Gasteiger partial charge is 0.465 e. The van der Waals surface area contributed by atoms with Gasteiger partial charge in [0.1, 0.15) is 0 Å². The fourth-order valence-corrected chi connectivity index (χ4v) is 1.61. The number of amides is 1. The Balaban J connectivity index is 2.55. The third-order valence-electron chi connectivity index (χ3n) is 2.23. The highest BCUT2D eigenvalue weighted by Crippen LogP contribution is 2.08. The SMILES string of the molecule is Cc1cccc2c1=NC(C)(NC(=O)O)N=2. The molecule has 15 heavy (non-hydrogen) atoms. The number of para-hydroxylation sites is 1. The molecule has 0 radical (unpaired) electrons. The summed E-state index contributed by atoms with van der Waals surface area (Å²) < 4.78 is 0. The number of hydrogen-bond donors (Lipinski definition) is 2. The number of carboxylic acid groups (broad SMARTS) is 1. The van der Waals surface area contributed by atoms with Crippen LogP contribution in [0.1, 0.15) is 12.5 Å². The van der Waals surface area contributed by atoms with E-state index in [1.165, 1.54) is 0 Å². The third-order valence-corrected chi connectivity index (χ3v) is 2.23. The van der Waals surface area contributed by atoms with E-state index in [1.807, 2.05) is 25.1 Å². The minimum Gasteiger partial charge on any atom is -0.465 e. The maximum absolute atomic E-state index is 10.6. The lowest BCUT2D eigenvalue weighted by Crippen LogP contribution is -2.41. The first kappa shape index (κ1) is 9.64. The summed E-state index contributed by atoms with van der Waals surface area (Å²) in [7, 11) is 0. The van der Waals surface area contributed by atoms with E-state index in [1.54, 1.807) is 6.92 Å². The molecule has 5 heteroatoms. The van der Waals surface area contributed by atoms with Gasteiger partial charge in [-0.05, 0) is 18.6 Å². The molecule has 1 atom stereocenters. The maximum Gasteiger partial charge on any atom is 0.408 e. The predicted molar refractivity (Wildman–Crippen MR) is 53.1 cm³/mol. The molecule has 0 spiro atoms. The van der Waals surface area contributed by atoms with Crippen LogP contribution < -0.4 is 16.0 Å². The fourth-order valence-electron chi connectivity index (χ4n) is 1.61. The standard InChI is InChI=1S/C10H11N3O2/c1-6-4-3-5-7-8(6)12-10(2,11-7)13-9(14)15/h3-5,13H,1-2H3,(H,14,15). The van der Waals surface area contributed by atoms with E-state index in [0.29, 0.717) is 0 Å². The number of nitrogens with one attached hydrogen (secondary N) is 1. The Labute approximate surface area is 86.2 Å². The minimum absolute atomic E-state index is 0.728. The van der Waals surface area contributed by atoms with Crippen LogP contribution in [0.5, 0.6) is 0 Å². The zero-order valence-electron chi connectivity index (χ0n) is 8.48. The number of rotatable bonds is 1. The average Bonchev–Trinajstić information content (AvgIpc) is 2.41. The second-order valence-corrected chi connectivity index (χ2v) is 3.62. The van der Waals surface area contributed by atoms with Gasteiger partial charge in [-0.1, -0.05) is 12.1 Å². The molecule has 1 unspecified atom stereocenters. The Kier molecular flexibility index (Phi) is 1.96. The second kappa shape index (κ2) is 3.05. The molecule has 0 aromatic heterocycles. The van der Waals surface area contributed by atoms with Crippen LogP contribution in [0.3, 0.4) is 0 Å². The topological polar surface area (TPSA) is 74.0 Å². The maximum atomic E-state index is 10.6. The van der Waals surface area contributed by atoms with Crippen molar-refractivity contribution in [3.63, 3.8) is 0 Å². The molecule has 1 aliphatic heterocycles. The molecule has 1 aromatic rings. The second-order valence-electron chi connectivity index (χ2n) is 3.62.